The number of alkyl halides is 1. The van der Waals surface area contributed by atoms with Crippen LogP contribution in [0, 0.1) is 0 Å². The standard InChI is InChI=1S/C15H22BrNO/c1-13-11-17(12-15(10-16)18-13)9-5-8-14-6-3-2-4-7-14/h2-4,6-7,13,15H,5,8-12H2,1H3. The van der Waals surface area contributed by atoms with Crippen molar-refractivity contribution >= 4 is 15.9 Å². The van der Waals surface area contributed by atoms with Crippen molar-refractivity contribution in [1.29, 1.82) is 0 Å². The van der Waals surface area contributed by atoms with Crippen LogP contribution in [0.3, 0.4) is 0 Å². The zero-order chi connectivity index (χ0) is 12.8. The molecule has 3 heteroatoms. The molecule has 2 unspecified atom stereocenters. The molecule has 1 fully saturated rings. The van der Waals surface area contributed by atoms with Gasteiger partial charge in [0.15, 0.2) is 0 Å². The molecule has 2 nitrogen and oxygen atoms in total. The van der Waals surface area contributed by atoms with Crippen LogP contribution in [0.25, 0.3) is 0 Å². The van der Waals surface area contributed by atoms with Gasteiger partial charge in [-0.3, -0.25) is 4.90 Å². The second-order valence-corrected chi connectivity index (χ2v) is 5.72. The molecule has 1 aliphatic rings. The van der Waals surface area contributed by atoms with Gasteiger partial charge in [0, 0.05) is 18.4 Å². The largest absolute Gasteiger partial charge is 0.372 e. The topological polar surface area (TPSA) is 12.5 Å². The summed E-state index contributed by atoms with van der Waals surface area (Å²) in [5.41, 5.74) is 1.44. The highest BCUT2D eigenvalue weighted by molar-refractivity contribution is 9.09. The van der Waals surface area contributed by atoms with E-state index in [1.807, 2.05) is 0 Å². The van der Waals surface area contributed by atoms with Gasteiger partial charge in [0.05, 0.1) is 12.2 Å². The predicted molar refractivity (Wildman–Crippen MR) is 79.3 cm³/mol. The summed E-state index contributed by atoms with van der Waals surface area (Å²) >= 11 is 3.52. The Bertz CT molecular complexity index is 344. The van der Waals surface area contributed by atoms with E-state index in [1.54, 1.807) is 0 Å². The van der Waals surface area contributed by atoms with Crippen molar-refractivity contribution in [3.63, 3.8) is 0 Å². The van der Waals surface area contributed by atoms with Crippen molar-refractivity contribution in [2.24, 2.45) is 0 Å². The lowest BCUT2D eigenvalue weighted by molar-refractivity contribution is -0.0653. The molecular formula is C15H22BrNO. The molecule has 0 radical (unpaired) electrons. The quantitative estimate of drug-likeness (QED) is 0.775. The highest BCUT2D eigenvalue weighted by atomic mass is 79.9. The van der Waals surface area contributed by atoms with Crippen molar-refractivity contribution in [3.05, 3.63) is 35.9 Å². The van der Waals surface area contributed by atoms with Gasteiger partial charge in [-0.2, -0.15) is 0 Å². The van der Waals surface area contributed by atoms with E-state index < -0.39 is 0 Å². The van der Waals surface area contributed by atoms with E-state index in [-0.39, 0.29) is 0 Å². The van der Waals surface area contributed by atoms with Gasteiger partial charge < -0.3 is 4.74 Å². The van der Waals surface area contributed by atoms with E-state index in [0.29, 0.717) is 12.2 Å². The molecule has 100 valence electrons. The molecule has 2 atom stereocenters. The molecule has 1 aliphatic heterocycles. The van der Waals surface area contributed by atoms with E-state index in [1.165, 1.54) is 24.9 Å². The molecule has 0 bridgehead atoms. The van der Waals surface area contributed by atoms with Crippen LogP contribution in [0.1, 0.15) is 18.9 Å². The van der Waals surface area contributed by atoms with E-state index in [0.717, 1.165) is 18.4 Å². The SMILES string of the molecule is CC1CN(CCCc2ccccc2)CC(CBr)O1. The van der Waals surface area contributed by atoms with Crippen LogP contribution >= 0.6 is 15.9 Å². The van der Waals surface area contributed by atoms with Crippen molar-refractivity contribution in [2.45, 2.75) is 32.0 Å². The summed E-state index contributed by atoms with van der Waals surface area (Å²) in [6.07, 6.45) is 3.11. The number of rotatable bonds is 5. The normalized spacial score (nSPS) is 25.2. The average molecular weight is 312 g/mol. The summed E-state index contributed by atoms with van der Waals surface area (Å²) in [4.78, 5) is 2.53. The number of morpholine rings is 1. The minimum Gasteiger partial charge on any atom is -0.372 e. The molecule has 0 spiro atoms. The number of halogens is 1. The Kier molecular flexibility index (Phi) is 5.67. The number of ether oxygens (including phenoxy) is 1. The van der Waals surface area contributed by atoms with Crippen molar-refractivity contribution in [3.8, 4) is 0 Å². The molecule has 1 heterocycles. The number of hydrogen-bond acceptors (Lipinski definition) is 2. The van der Waals surface area contributed by atoms with Gasteiger partial charge in [-0.1, -0.05) is 46.3 Å². The molecule has 1 aromatic rings. The number of aryl methyl sites for hydroxylation is 1. The molecule has 0 amide bonds. The number of benzene rings is 1. The summed E-state index contributed by atoms with van der Waals surface area (Å²) in [5, 5.41) is 0.937. The first-order valence-corrected chi connectivity index (χ1v) is 7.88. The van der Waals surface area contributed by atoms with Crippen molar-refractivity contribution in [2.75, 3.05) is 25.0 Å². The molecule has 0 N–H and O–H groups in total. The van der Waals surface area contributed by atoms with Gasteiger partial charge in [0.2, 0.25) is 0 Å². The molecule has 0 aromatic heterocycles. The second-order valence-electron chi connectivity index (χ2n) is 5.07. The third-order valence-corrected chi connectivity index (χ3v) is 4.08. The lowest BCUT2D eigenvalue weighted by Gasteiger charge is -2.36. The van der Waals surface area contributed by atoms with E-state index in [4.69, 9.17) is 4.74 Å². The zero-order valence-electron chi connectivity index (χ0n) is 11.0. The maximum Gasteiger partial charge on any atom is 0.0802 e. The van der Waals surface area contributed by atoms with Crippen LogP contribution < -0.4 is 0 Å². The van der Waals surface area contributed by atoms with Crippen LogP contribution in [0.2, 0.25) is 0 Å². The van der Waals surface area contributed by atoms with E-state index in [2.05, 4.69) is 58.1 Å². The average Bonchev–Trinajstić information content (AvgIpc) is 2.39. The van der Waals surface area contributed by atoms with Gasteiger partial charge in [-0.25, -0.2) is 0 Å². The fourth-order valence-corrected chi connectivity index (χ4v) is 2.92. The third-order valence-electron chi connectivity index (χ3n) is 3.36. The first kappa shape index (κ1) is 14.0. The molecule has 2 rings (SSSR count). The van der Waals surface area contributed by atoms with Crippen molar-refractivity contribution in [1.82, 2.24) is 4.90 Å². The summed E-state index contributed by atoms with van der Waals surface area (Å²) in [6, 6.07) is 10.7. The van der Waals surface area contributed by atoms with Crippen molar-refractivity contribution < 1.29 is 4.74 Å². The molecule has 0 saturated carbocycles. The van der Waals surface area contributed by atoms with Crippen LogP contribution in [0.15, 0.2) is 30.3 Å². The maximum absolute atomic E-state index is 5.84. The first-order chi connectivity index (χ1) is 8.78. The summed E-state index contributed by atoms with van der Waals surface area (Å²) in [6.45, 7) is 5.47. The fraction of sp³-hybridized carbons (Fsp3) is 0.600. The summed E-state index contributed by atoms with van der Waals surface area (Å²) in [7, 11) is 0. The van der Waals surface area contributed by atoms with Crippen LogP contribution in [0.4, 0.5) is 0 Å². The Morgan fingerprint density at radius 1 is 1.28 bits per heavy atom. The Morgan fingerprint density at radius 3 is 2.78 bits per heavy atom. The predicted octanol–water partition coefficient (Wildman–Crippen LogP) is 3.10. The third kappa shape index (κ3) is 4.38. The lowest BCUT2D eigenvalue weighted by atomic mass is 10.1. The minimum atomic E-state index is 0.352. The second kappa shape index (κ2) is 7.27. The minimum absolute atomic E-state index is 0.352. The summed E-state index contributed by atoms with van der Waals surface area (Å²) < 4.78 is 5.84. The molecule has 1 saturated heterocycles. The summed E-state index contributed by atoms with van der Waals surface area (Å²) in [5.74, 6) is 0. The Morgan fingerprint density at radius 2 is 2.06 bits per heavy atom. The Labute approximate surface area is 118 Å². The highest BCUT2D eigenvalue weighted by Gasteiger charge is 2.23. The highest BCUT2D eigenvalue weighted by Crippen LogP contribution is 2.14. The van der Waals surface area contributed by atoms with Gasteiger partial charge in [0.1, 0.15) is 0 Å². The monoisotopic (exact) mass is 311 g/mol. The van der Waals surface area contributed by atoms with Gasteiger partial charge >= 0.3 is 0 Å². The van der Waals surface area contributed by atoms with Crippen LogP contribution in [-0.2, 0) is 11.2 Å². The fourth-order valence-electron chi connectivity index (χ4n) is 2.56. The molecule has 1 aromatic carbocycles. The number of nitrogens with zero attached hydrogens (tertiary/aromatic N) is 1. The van der Waals surface area contributed by atoms with Gasteiger partial charge in [0.25, 0.3) is 0 Å². The van der Waals surface area contributed by atoms with E-state index in [9.17, 15) is 0 Å². The zero-order valence-corrected chi connectivity index (χ0v) is 12.6. The smallest absolute Gasteiger partial charge is 0.0802 e. The Balaban J connectivity index is 1.73. The molecule has 0 aliphatic carbocycles. The van der Waals surface area contributed by atoms with Crippen LogP contribution in [-0.4, -0.2) is 42.1 Å². The first-order valence-electron chi connectivity index (χ1n) is 6.75. The lowest BCUT2D eigenvalue weighted by Crippen LogP contribution is -2.47. The van der Waals surface area contributed by atoms with Gasteiger partial charge in [-0.05, 0) is 31.9 Å². The molecule has 18 heavy (non-hydrogen) atoms. The van der Waals surface area contributed by atoms with Gasteiger partial charge in [-0.15, -0.1) is 0 Å². The van der Waals surface area contributed by atoms with Crippen LogP contribution in [0.5, 0.6) is 0 Å². The maximum atomic E-state index is 5.84. The number of hydrogen-bond donors (Lipinski definition) is 0. The Hall–Kier alpha value is -0.380. The van der Waals surface area contributed by atoms with E-state index >= 15 is 0 Å². The molecular weight excluding hydrogens is 290 g/mol.